The minimum Gasteiger partial charge on any atom is -0.395 e. The molecule has 0 unspecified atom stereocenters. The Bertz CT molecular complexity index is 491. The molecule has 82 valence electrons. The standard InChI is InChI=1S/C12H12N2OS/c15-8-12(4-5-12)11-14-10(7-16-11)9-3-1-2-6-13-9/h1-3,6-7,15H,4-5,8H2. The molecule has 2 aromatic heterocycles. The second kappa shape index (κ2) is 3.64. The van der Waals surface area contributed by atoms with Gasteiger partial charge in [-0.1, -0.05) is 6.07 Å². The molecule has 0 aromatic carbocycles. The number of aliphatic hydroxyl groups is 1. The molecule has 2 aromatic rings. The molecule has 1 saturated carbocycles. The molecule has 0 bridgehead atoms. The van der Waals surface area contributed by atoms with E-state index in [1.165, 1.54) is 0 Å². The van der Waals surface area contributed by atoms with Crippen LogP contribution in [0.5, 0.6) is 0 Å². The maximum atomic E-state index is 9.34. The van der Waals surface area contributed by atoms with Crippen LogP contribution in [-0.2, 0) is 5.41 Å². The molecule has 0 spiro atoms. The fraction of sp³-hybridized carbons (Fsp3) is 0.333. The lowest BCUT2D eigenvalue weighted by molar-refractivity contribution is 0.255. The van der Waals surface area contributed by atoms with Crippen LogP contribution in [-0.4, -0.2) is 21.7 Å². The Balaban J connectivity index is 1.94. The lowest BCUT2D eigenvalue weighted by atomic mass is 10.1. The van der Waals surface area contributed by atoms with E-state index in [0.717, 1.165) is 29.2 Å². The molecule has 0 amide bonds. The van der Waals surface area contributed by atoms with E-state index in [-0.39, 0.29) is 12.0 Å². The largest absolute Gasteiger partial charge is 0.395 e. The van der Waals surface area contributed by atoms with Gasteiger partial charge in [0.25, 0.3) is 0 Å². The van der Waals surface area contributed by atoms with Crippen LogP contribution < -0.4 is 0 Å². The summed E-state index contributed by atoms with van der Waals surface area (Å²) in [6.07, 6.45) is 3.88. The molecule has 0 radical (unpaired) electrons. The highest BCUT2D eigenvalue weighted by Gasteiger charge is 2.46. The molecule has 0 aliphatic heterocycles. The Morgan fingerprint density at radius 1 is 1.31 bits per heavy atom. The van der Waals surface area contributed by atoms with Crippen molar-refractivity contribution >= 4 is 11.3 Å². The first-order chi connectivity index (χ1) is 7.84. The van der Waals surface area contributed by atoms with Crippen LogP contribution in [0.2, 0.25) is 0 Å². The summed E-state index contributed by atoms with van der Waals surface area (Å²) in [5.74, 6) is 0. The van der Waals surface area contributed by atoms with Crippen molar-refractivity contribution in [1.29, 1.82) is 0 Å². The normalized spacial score (nSPS) is 17.3. The van der Waals surface area contributed by atoms with E-state index >= 15 is 0 Å². The van der Waals surface area contributed by atoms with E-state index in [4.69, 9.17) is 0 Å². The molecular formula is C12H12N2OS. The van der Waals surface area contributed by atoms with Gasteiger partial charge < -0.3 is 5.11 Å². The van der Waals surface area contributed by atoms with Gasteiger partial charge in [0.15, 0.2) is 0 Å². The summed E-state index contributed by atoms with van der Waals surface area (Å²) in [6, 6.07) is 5.81. The number of nitrogens with zero attached hydrogens (tertiary/aromatic N) is 2. The van der Waals surface area contributed by atoms with Crippen molar-refractivity contribution in [1.82, 2.24) is 9.97 Å². The molecule has 1 aliphatic carbocycles. The van der Waals surface area contributed by atoms with Gasteiger partial charge >= 0.3 is 0 Å². The molecule has 3 rings (SSSR count). The molecule has 4 heteroatoms. The molecule has 0 saturated heterocycles. The fourth-order valence-electron chi connectivity index (χ4n) is 1.74. The Morgan fingerprint density at radius 2 is 2.19 bits per heavy atom. The van der Waals surface area contributed by atoms with Crippen LogP contribution in [0.3, 0.4) is 0 Å². The zero-order chi connectivity index (χ0) is 11.0. The van der Waals surface area contributed by atoms with E-state index < -0.39 is 0 Å². The van der Waals surface area contributed by atoms with Crippen molar-refractivity contribution in [3.05, 3.63) is 34.8 Å². The molecule has 1 fully saturated rings. The zero-order valence-electron chi connectivity index (χ0n) is 8.76. The Morgan fingerprint density at radius 3 is 2.81 bits per heavy atom. The Kier molecular flexibility index (Phi) is 2.26. The van der Waals surface area contributed by atoms with Crippen LogP contribution in [0, 0.1) is 0 Å². The summed E-state index contributed by atoms with van der Waals surface area (Å²) in [5.41, 5.74) is 1.79. The van der Waals surface area contributed by atoms with Gasteiger partial charge in [0.1, 0.15) is 5.01 Å². The minimum atomic E-state index is -0.0301. The highest BCUT2D eigenvalue weighted by atomic mass is 32.1. The average Bonchev–Trinajstić information content (AvgIpc) is 3.00. The predicted molar refractivity (Wildman–Crippen MR) is 63.3 cm³/mol. The molecule has 16 heavy (non-hydrogen) atoms. The summed E-state index contributed by atoms with van der Waals surface area (Å²) < 4.78 is 0. The van der Waals surface area contributed by atoms with Gasteiger partial charge in [0.2, 0.25) is 0 Å². The predicted octanol–water partition coefficient (Wildman–Crippen LogP) is 2.23. The minimum absolute atomic E-state index is 0.0301. The van der Waals surface area contributed by atoms with Crippen LogP contribution in [0.15, 0.2) is 29.8 Å². The number of aliphatic hydroxyl groups excluding tert-OH is 1. The number of aromatic nitrogens is 2. The van der Waals surface area contributed by atoms with Gasteiger partial charge in [0.05, 0.1) is 18.0 Å². The van der Waals surface area contributed by atoms with Gasteiger partial charge in [-0.25, -0.2) is 4.98 Å². The van der Waals surface area contributed by atoms with Gasteiger partial charge in [-0.05, 0) is 25.0 Å². The Labute approximate surface area is 97.8 Å². The van der Waals surface area contributed by atoms with Crippen LogP contribution in [0.1, 0.15) is 17.8 Å². The summed E-state index contributed by atoms with van der Waals surface area (Å²) in [5, 5.41) is 12.4. The number of thiazole rings is 1. The van der Waals surface area contributed by atoms with Crippen LogP contribution in [0.25, 0.3) is 11.4 Å². The molecule has 0 atom stereocenters. The van der Waals surface area contributed by atoms with E-state index in [9.17, 15) is 5.11 Å². The number of hydrogen-bond acceptors (Lipinski definition) is 4. The summed E-state index contributed by atoms with van der Waals surface area (Å²) >= 11 is 1.63. The van der Waals surface area contributed by atoms with Gasteiger partial charge in [-0.15, -0.1) is 11.3 Å². The van der Waals surface area contributed by atoms with Crippen LogP contribution >= 0.6 is 11.3 Å². The lowest BCUT2D eigenvalue weighted by Gasteiger charge is -2.05. The van der Waals surface area contributed by atoms with Crippen molar-refractivity contribution in [3.63, 3.8) is 0 Å². The smallest absolute Gasteiger partial charge is 0.102 e. The summed E-state index contributed by atoms with van der Waals surface area (Å²) in [6.45, 7) is 0.210. The third-order valence-corrected chi connectivity index (χ3v) is 4.13. The topological polar surface area (TPSA) is 46.0 Å². The molecule has 3 nitrogen and oxygen atoms in total. The number of hydrogen-bond donors (Lipinski definition) is 1. The van der Waals surface area contributed by atoms with E-state index in [1.54, 1.807) is 17.5 Å². The van der Waals surface area contributed by atoms with Crippen LogP contribution in [0.4, 0.5) is 0 Å². The first-order valence-corrected chi connectivity index (χ1v) is 6.20. The van der Waals surface area contributed by atoms with Crippen molar-refractivity contribution in [3.8, 4) is 11.4 Å². The van der Waals surface area contributed by atoms with Gasteiger partial charge in [-0.3, -0.25) is 4.98 Å². The van der Waals surface area contributed by atoms with Crippen molar-refractivity contribution < 1.29 is 5.11 Å². The number of rotatable bonds is 3. The quantitative estimate of drug-likeness (QED) is 0.882. The SMILES string of the molecule is OCC1(c2nc(-c3ccccn3)cs2)CC1. The van der Waals surface area contributed by atoms with Crippen molar-refractivity contribution in [2.24, 2.45) is 0 Å². The first kappa shape index (κ1) is 9.93. The summed E-state index contributed by atoms with van der Waals surface area (Å²) in [4.78, 5) is 8.85. The molecule has 2 heterocycles. The van der Waals surface area contributed by atoms with E-state index in [0.29, 0.717) is 0 Å². The maximum absolute atomic E-state index is 9.34. The third-order valence-electron chi connectivity index (χ3n) is 3.04. The van der Waals surface area contributed by atoms with Crippen molar-refractivity contribution in [2.75, 3.05) is 6.61 Å². The molecular weight excluding hydrogens is 220 g/mol. The highest BCUT2D eigenvalue weighted by molar-refractivity contribution is 7.10. The molecule has 1 aliphatic rings. The zero-order valence-corrected chi connectivity index (χ0v) is 9.57. The maximum Gasteiger partial charge on any atom is 0.102 e. The third kappa shape index (κ3) is 1.54. The van der Waals surface area contributed by atoms with E-state index in [2.05, 4.69) is 9.97 Å². The second-order valence-electron chi connectivity index (χ2n) is 4.19. The number of pyridine rings is 1. The Hall–Kier alpha value is -1.26. The lowest BCUT2D eigenvalue weighted by Crippen LogP contribution is -2.11. The fourth-order valence-corrected chi connectivity index (χ4v) is 2.81. The van der Waals surface area contributed by atoms with Crippen molar-refractivity contribution in [2.45, 2.75) is 18.3 Å². The average molecular weight is 232 g/mol. The second-order valence-corrected chi connectivity index (χ2v) is 5.05. The van der Waals surface area contributed by atoms with Gasteiger partial charge in [0, 0.05) is 17.0 Å². The molecule has 1 N–H and O–H groups in total. The summed E-state index contributed by atoms with van der Waals surface area (Å²) in [7, 11) is 0. The first-order valence-electron chi connectivity index (χ1n) is 5.32. The monoisotopic (exact) mass is 232 g/mol. The van der Waals surface area contributed by atoms with Gasteiger partial charge in [-0.2, -0.15) is 0 Å². The van der Waals surface area contributed by atoms with E-state index in [1.807, 2.05) is 23.6 Å². The highest BCUT2D eigenvalue weighted by Crippen LogP contribution is 2.49.